The minimum Gasteiger partial charge on any atom is -0.356 e. The van der Waals surface area contributed by atoms with Gasteiger partial charge in [-0.15, -0.1) is 0 Å². The number of aromatic nitrogens is 1. The van der Waals surface area contributed by atoms with Gasteiger partial charge in [0.2, 0.25) is 0 Å². The van der Waals surface area contributed by atoms with Crippen molar-refractivity contribution in [2.45, 2.75) is 0 Å². The molecule has 0 atom stereocenters. The van der Waals surface area contributed by atoms with Crippen LogP contribution >= 0.6 is 0 Å². The third-order valence-corrected chi connectivity index (χ3v) is 0.776. The van der Waals surface area contributed by atoms with Gasteiger partial charge in [0, 0.05) is 35.6 Å². The maximum Gasteiger partial charge on any atom is 0.0601 e. The van der Waals surface area contributed by atoms with Crippen molar-refractivity contribution in [3.63, 3.8) is 0 Å². The Labute approximate surface area is 85.7 Å². The molecule has 0 aliphatic rings. The van der Waals surface area contributed by atoms with Gasteiger partial charge in [-0.1, -0.05) is 11.6 Å². The van der Waals surface area contributed by atoms with Crippen LogP contribution in [0, 0.1) is 58.9 Å². The number of halogens is 1. The van der Waals surface area contributed by atoms with E-state index in [1.54, 1.807) is 6.07 Å². The van der Waals surface area contributed by atoms with Gasteiger partial charge in [-0.3, -0.25) is 5.26 Å². The normalized spacial score (nSPS) is 7.60. The summed E-state index contributed by atoms with van der Waals surface area (Å²) in [5.74, 6) is -0.509. The Morgan fingerprint density at radius 2 is 2.40 bits per heavy atom. The standard InChI is InChI=1S/C6H2FN2.La/c7-6-1-5(2-8)3-9-4-6;/h1,4H;/q-1;. The number of nitriles is 1. The average molecular weight is 260 g/mol. The van der Waals surface area contributed by atoms with Gasteiger partial charge in [-0.05, 0) is 18.5 Å². The summed E-state index contributed by atoms with van der Waals surface area (Å²) in [6.45, 7) is 0. The SMILES string of the molecule is N#Cc1[c-]ncc(F)c1.[La]. The van der Waals surface area contributed by atoms with Crippen molar-refractivity contribution < 1.29 is 40.0 Å². The van der Waals surface area contributed by atoms with E-state index in [9.17, 15) is 4.39 Å². The summed E-state index contributed by atoms with van der Waals surface area (Å²) < 4.78 is 12.1. The molecule has 2 nitrogen and oxygen atoms in total. The zero-order valence-corrected chi connectivity index (χ0v) is 8.63. The molecule has 0 bridgehead atoms. The predicted octanol–water partition coefficient (Wildman–Crippen LogP) is 0.893. The van der Waals surface area contributed by atoms with Crippen LogP contribution in [0.5, 0.6) is 0 Å². The zero-order valence-electron chi connectivity index (χ0n) is 5.00. The van der Waals surface area contributed by atoms with Crippen LogP contribution in [0.4, 0.5) is 4.39 Å². The van der Waals surface area contributed by atoms with Crippen molar-refractivity contribution in [2.24, 2.45) is 0 Å². The number of nitrogens with zero attached hydrogens (tertiary/aromatic N) is 2. The first-order valence-corrected chi connectivity index (χ1v) is 2.26. The molecule has 0 aliphatic carbocycles. The molecule has 10 heavy (non-hydrogen) atoms. The average Bonchev–Trinajstić information content (AvgIpc) is 1.88. The molecule has 1 radical (unpaired) electrons. The fraction of sp³-hybridized carbons (Fsp3) is 0. The molecule has 1 rings (SSSR count). The Morgan fingerprint density at radius 3 is 2.80 bits per heavy atom. The van der Waals surface area contributed by atoms with E-state index in [4.69, 9.17) is 5.26 Å². The Morgan fingerprint density at radius 1 is 1.70 bits per heavy atom. The number of hydrogen-bond donors (Lipinski definition) is 0. The van der Waals surface area contributed by atoms with E-state index in [-0.39, 0.29) is 41.2 Å². The van der Waals surface area contributed by atoms with Crippen LogP contribution in [-0.2, 0) is 0 Å². The van der Waals surface area contributed by atoms with Crippen molar-refractivity contribution in [3.8, 4) is 6.07 Å². The largest absolute Gasteiger partial charge is 0.356 e. The van der Waals surface area contributed by atoms with Crippen LogP contribution in [0.2, 0.25) is 0 Å². The van der Waals surface area contributed by atoms with Gasteiger partial charge >= 0.3 is 0 Å². The topological polar surface area (TPSA) is 36.7 Å². The molecular weight excluding hydrogens is 258 g/mol. The second-order valence-electron chi connectivity index (χ2n) is 1.42. The Hall–Kier alpha value is -0.235. The molecule has 0 spiro atoms. The predicted molar refractivity (Wildman–Crippen MR) is 27.7 cm³/mol. The van der Waals surface area contributed by atoms with Gasteiger partial charge in [0.05, 0.1) is 5.82 Å². The first-order valence-electron chi connectivity index (χ1n) is 2.26. The van der Waals surface area contributed by atoms with Gasteiger partial charge in [0.15, 0.2) is 0 Å². The van der Waals surface area contributed by atoms with Crippen LogP contribution in [0.25, 0.3) is 0 Å². The third kappa shape index (κ3) is 2.57. The van der Waals surface area contributed by atoms with Gasteiger partial charge in [0.1, 0.15) is 0 Å². The molecule has 0 aliphatic heterocycles. The minimum atomic E-state index is -0.509. The van der Waals surface area contributed by atoms with Gasteiger partial charge in [0.25, 0.3) is 0 Å². The Balaban J connectivity index is 0.000000810. The van der Waals surface area contributed by atoms with Crippen molar-refractivity contribution in [1.29, 1.82) is 5.26 Å². The second kappa shape index (κ2) is 4.56. The van der Waals surface area contributed by atoms with E-state index >= 15 is 0 Å². The fourth-order valence-corrected chi connectivity index (χ4v) is 0.428. The smallest absolute Gasteiger partial charge is 0.0601 e. The molecule has 1 heterocycles. The van der Waals surface area contributed by atoms with E-state index in [2.05, 4.69) is 11.2 Å². The summed E-state index contributed by atoms with van der Waals surface area (Å²) in [5, 5.41) is 8.17. The Kier molecular flexibility index (Phi) is 4.45. The number of hydrogen-bond acceptors (Lipinski definition) is 2. The van der Waals surface area contributed by atoms with E-state index in [0.717, 1.165) is 12.3 Å². The molecule has 47 valence electrons. The minimum absolute atomic E-state index is 0. The Bertz CT molecular complexity index is 256. The maximum atomic E-state index is 12.1. The van der Waals surface area contributed by atoms with Crippen LogP contribution < -0.4 is 0 Å². The molecule has 0 aromatic carbocycles. The first-order chi connectivity index (χ1) is 4.33. The van der Waals surface area contributed by atoms with Crippen LogP contribution in [0.3, 0.4) is 0 Å². The van der Waals surface area contributed by atoms with Gasteiger partial charge in [-0.25, -0.2) is 4.39 Å². The van der Waals surface area contributed by atoms with E-state index in [1.807, 2.05) is 0 Å². The van der Waals surface area contributed by atoms with E-state index < -0.39 is 5.82 Å². The molecular formula is C6H2FLaN2-. The van der Waals surface area contributed by atoms with Crippen molar-refractivity contribution >= 4 is 0 Å². The quantitative estimate of drug-likeness (QED) is 0.649. The molecule has 1 aromatic heterocycles. The third-order valence-electron chi connectivity index (χ3n) is 0.776. The first kappa shape index (κ1) is 9.76. The monoisotopic (exact) mass is 260 g/mol. The van der Waals surface area contributed by atoms with Crippen LogP contribution in [0.1, 0.15) is 5.56 Å². The summed E-state index contributed by atoms with van der Waals surface area (Å²) in [6, 6.07) is 2.79. The molecule has 0 amide bonds. The van der Waals surface area contributed by atoms with Crippen molar-refractivity contribution in [3.05, 3.63) is 29.8 Å². The van der Waals surface area contributed by atoms with Crippen molar-refractivity contribution in [1.82, 2.24) is 4.98 Å². The summed E-state index contributed by atoms with van der Waals surface area (Å²) in [5.41, 5.74) is 0.120. The molecule has 4 heteroatoms. The van der Waals surface area contributed by atoms with E-state index in [0.29, 0.717) is 0 Å². The second-order valence-corrected chi connectivity index (χ2v) is 1.42. The van der Waals surface area contributed by atoms with Gasteiger partial charge < -0.3 is 4.98 Å². The molecule has 0 saturated heterocycles. The summed E-state index contributed by atoms with van der Waals surface area (Å²) in [7, 11) is 0. The molecule has 0 unspecified atom stereocenters. The van der Waals surface area contributed by atoms with Crippen LogP contribution in [0.15, 0.2) is 12.3 Å². The molecule has 0 fully saturated rings. The molecule has 1 aromatic rings. The summed E-state index contributed by atoms with van der Waals surface area (Å²) >= 11 is 0. The maximum absolute atomic E-state index is 12.1. The summed E-state index contributed by atoms with van der Waals surface area (Å²) in [4.78, 5) is 3.33. The molecule has 0 N–H and O–H groups in total. The van der Waals surface area contributed by atoms with Crippen molar-refractivity contribution in [2.75, 3.05) is 0 Å². The zero-order chi connectivity index (χ0) is 6.69. The van der Waals surface area contributed by atoms with E-state index in [1.165, 1.54) is 0 Å². The molecule has 0 saturated carbocycles. The van der Waals surface area contributed by atoms with Crippen LogP contribution in [-0.4, -0.2) is 4.98 Å². The fourth-order valence-electron chi connectivity index (χ4n) is 0.428. The summed E-state index contributed by atoms with van der Waals surface area (Å²) in [6.07, 6.45) is 3.31. The number of rotatable bonds is 0. The van der Waals surface area contributed by atoms with Gasteiger partial charge in [-0.2, -0.15) is 0 Å². The number of pyridine rings is 1.